The van der Waals surface area contributed by atoms with Crippen LogP contribution in [-0.4, -0.2) is 32.9 Å². The smallest absolute Gasteiger partial charge is 0.550 e. The number of aryl methyl sites for hydroxylation is 2. The van der Waals surface area contributed by atoms with Crippen LogP contribution >= 0.6 is 0 Å². The minimum Gasteiger partial charge on any atom is -0.550 e. The van der Waals surface area contributed by atoms with E-state index >= 15 is 0 Å². The molecule has 0 spiro atoms. The summed E-state index contributed by atoms with van der Waals surface area (Å²) in [6.45, 7) is 1.96. The molecule has 0 radical (unpaired) electrons. The number of carbonyl (C=O) groups is 2. The fourth-order valence-electron chi connectivity index (χ4n) is 3.58. The molecule has 0 bridgehead atoms. The van der Waals surface area contributed by atoms with Crippen LogP contribution in [-0.2, 0) is 38.9 Å². The molecule has 0 saturated carbocycles. The van der Waals surface area contributed by atoms with Gasteiger partial charge in [0.2, 0.25) is 15.9 Å². The third-order valence-electron chi connectivity index (χ3n) is 5.17. The molecule has 0 saturated heterocycles. The Morgan fingerprint density at radius 1 is 1.10 bits per heavy atom. The predicted octanol–water partition coefficient (Wildman–Crippen LogP) is -2.37. The number of rotatable bonds is 8. The van der Waals surface area contributed by atoms with Gasteiger partial charge in [0.25, 0.3) is 0 Å². The van der Waals surface area contributed by atoms with E-state index in [1.54, 1.807) is 24.3 Å². The quantitative estimate of drug-likeness (QED) is 0.435. The molecule has 1 aliphatic rings. The first-order chi connectivity index (χ1) is 14.2. The van der Waals surface area contributed by atoms with Gasteiger partial charge in [0.05, 0.1) is 11.3 Å². The molecule has 1 unspecified atom stereocenters. The van der Waals surface area contributed by atoms with Crippen molar-refractivity contribution in [1.29, 1.82) is 0 Å². The molecule has 7 nitrogen and oxygen atoms in total. The standard InChI is InChI=1S/C22H26N2O5S.Na/c1-15-2-8-20(9-3-15)30(28,29)24-19-7-6-17-12-16(4-5-18(17)14-19)13-21(25)23-11-10-22(26)27;/h2-5,8-9,12,19,24H,6-7,10-11,13-14H2,1H3,(H,23,25)(H,26,27);/q;+1/p-1. The Labute approximate surface area is 205 Å². The summed E-state index contributed by atoms with van der Waals surface area (Å²) < 4.78 is 28.1. The molecular formula is C22H25N2NaO5S. The van der Waals surface area contributed by atoms with E-state index in [0.29, 0.717) is 12.8 Å². The zero-order valence-electron chi connectivity index (χ0n) is 17.8. The maximum Gasteiger partial charge on any atom is 1.00 e. The minimum absolute atomic E-state index is 0. The van der Waals surface area contributed by atoms with Crippen molar-refractivity contribution in [3.63, 3.8) is 0 Å². The summed E-state index contributed by atoms with van der Waals surface area (Å²) >= 11 is 0. The molecule has 31 heavy (non-hydrogen) atoms. The van der Waals surface area contributed by atoms with Gasteiger partial charge in [-0.2, -0.15) is 0 Å². The Morgan fingerprint density at radius 3 is 2.48 bits per heavy atom. The molecule has 3 rings (SSSR count). The molecule has 2 aromatic carbocycles. The number of carboxylic acids is 1. The maximum atomic E-state index is 12.6. The number of carboxylic acid groups (broad SMARTS) is 1. The number of fused-ring (bicyclic) bond motifs is 1. The van der Waals surface area contributed by atoms with Crippen LogP contribution in [0.5, 0.6) is 0 Å². The molecule has 2 aromatic rings. The summed E-state index contributed by atoms with van der Waals surface area (Å²) in [4.78, 5) is 22.6. The Balaban J connectivity index is 0.00000341. The third kappa shape index (κ3) is 7.43. The first-order valence-electron chi connectivity index (χ1n) is 9.89. The van der Waals surface area contributed by atoms with E-state index in [-0.39, 0.29) is 65.8 Å². The number of benzene rings is 2. The van der Waals surface area contributed by atoms with Crippen LogP contribution in [0.4, 0.5) is 0 Å². The van der Waals surface area contributed by atoms with Crippen molar-refractivity contribution in [2.24, 2.45) is 0 Å². The van der Waals surface area contributed by atoms with E-state index in [2.05, 4.69) is 10.0 Å². The molecule has 1 amide bonds. The largest absolute Gasteiger partial charge is 1.00 e. The SMILES string of the molecule is Cc1ccc(S(=O)(=O)NC2CCc3cc(CC(=O)NCCC(=O)[O-])ccc3C2)cc1.[Na+]. The summed E-state index contributed by atoms with van der Waals surface area (Å²) in [6, 6.07) is 12.4. The second kappa shape index (κ2) is 11.2. The molecular weight excluding hydrogens is 427 g/mol. The Bertz CT molecular complexity index is 1040. The van der Waals surface area contributed by atoms with Gasteiger partial charge in [0, 0.05) is 25.0 Å². The molecule has 1 atom stereocenters. The van der Waals surface area contributed by atoms with Crippen LogP contribution in [0.25, 0.3) is 0 Å². The van der Waals surface area contributed by atoms with Crippen LogP contribution in [0.1, 0.15) is 35.1 Å². The Morgan fingerprint density at radius 2 is 1.81 bits per heavy atom. The van der Waals surface area contributed by atoms with Crippen LogP contribution in [0.15, 0.2) is 47.4 Å². The van der Waals surface area contributed by atoms with Crippen molar-refractivity contribution in [2.75, 3.05) is 6.54 Å². The Kier molecular flexibility index (Phi) is 9.27. The van der Waals surface area contributed by atoms with Crippen molar-refractivity contribution >= 4 is 21.9 Å². The molecule has 0 fully saturated rings. The van der Waals surface area contributed by atoms with Crippen molar-refractivity contribution in [1.82, 2.24) is 10.0 Å². The maximum absolute atomic E-state index is 12.6. The fraction of sp³-hybridized carbons (Fsp3) is 0.364. The molecule has 2 N–H and O–H groups in total. The van der Waals surface area contributed by atoms with E-state index < -0.39 is 16.0 Å². The average Bonchev–Trinajstić information content (AvgIpc) is 2.68. The van der Waals surface area contributed by atoms with Crippen molar-refractivity contribution in [3.05, 3.63) is 64.7 Å². The number of sulfonamides is 1. The third-order valence-corrected chi connectivity index (χ3v) is 6.70. The summed E-state index contributed by atoms with van der Waals surface area (Å²) in [6.07, 6.45) is 1.95. The number of hydrogen-bond donors (Lipinski definition) is 2. The van der Waals surface area contributed by atoms with Crippen LogP contribution in [0.3, 0.4) is 0 Å². The second-order valence-corrected chi connectivity index (χ2v) is 9.34. The van der Waals surface area contributed by atoms with E-state index in [1.807, 2.05) is 25.1 Å². The van der Waals surface area contributed by atoms with Gasteiger partial charge in [-0.3, -0.25) is 4.79 Å². The number of carbonyl (C=O) groups excluding carboxylic acids is 2. The fourth-order valence-corrected chi connectivity index (χ4v) is 4.85. The zero-order chi connectivity index (χ0) is 21.7. The van der Waals surface area contributed by atoms with E-state index in [0.717, 1.165) is 28.7 Å². The molecule has 9 heteroatoms. The summed E-state index contributed by atoms with van der Waals surface area (Å²) in [5.41, 5.74) is 4.03. The topological polar surface area (TPSA) is 115 Å². The van der Waals surface area contributed by atoms with Crippen molar-refractivity contribution in [2.45, 2.75) is 50.0 Å². The number of hydrogen-bond acceptors (Lipinski definition) is 5. The van der Waals surface area contributed by atoms with E-state index in [4.69, 9.17) is 0 Å². The molecule has 0 aliphatic heterocycles. The molecule has 0 heterocycles. The summed E-state index contributed by atoms with van der Waals surface area (Å²) in [5.74, 6) is -1.44. The van der Waals surface area contributed by atoms with Gasteiger partial charge in [-0.05, 0) is 55.0 Å². The number of nitrogens with one attached hydrogen (secondary N) is 2. The van der Waals surface area contributed by atoms with Crippen LogP contribution in [0, 0.1) is 6.92 Å². The first kappa shape index (κ1) is 25.5. The van der Waals surface area contributed by atoms with Gasteiger partial charge in [-0.25, -0.2) is 13.1 Å². The van der Waals surface area contributed by atoms with Gasteiger partial charge < -0.3 is 15.2 Å². The first-order valence-corrected chi connectivity index (χ1v) is 11.4. The molecule has 0 aromatic heterocycles. The molecule has 1 aliphatic carbocycles. The van der Waals surface area contributed by atoms with Gasteiger partial charge in [0.1, 0.15) is 0 Å². The number of amides is 1. The van der Waals surface area contributed by atoms with Gasteiger partial charge in [-0.1, -0.05) is 35.9 Å². The van der Waals surface area contributed by atoms with Crippen molar-refractivity contribution in [3.8, 4) is 0 Å². The summed E-state index contributed by atoms with van der Waals surface area (Å²) in [5, 5.41) is 13.0. The van der Waals surface area contributed by atoms with Crippen LogP contribution < -0.4 is 44.7 Å². The minimum atomic E-state index is -3.57. The average molecular weight is 453 g/mol. The van der Waals surface area contributed by atoms with Gasteiger partial charge >= 0.3 is 29.6 Å². The number of aliphatic carboxylic acids is 1. The Hall–Kier alpha value is -1.71. The zero-order valence-corrected chi connectivity index (χ0v) is 20.6. The molecule has 160 valence electrons. The van der Waals surface area contributed by atoms with Crippen LogP contribution in [0.2, 0.25) is 0 Å². The summed E-state index contributed by atoms with van der Waals surface area (Å²) in [7, 11) is -3.57. The van der Waals surface area contributed by atoms with Crippen molar-refractivity contribution < 1.29 is 52.7 Å². The van der Waals surface area contributed by atoms with Gasteiger partial charge in [0.15, 0.2) is 0 Å². The monoisotopic (exact) mass is 452 g/mol. The van der Waals surface area contributed by atoms with E-state index in [1.165, 1.54) is 0 Å². The normalized spacial score (nSPS) is 15.5. The van der Waals surface area contributed by atoms with Gasteiger partial charge in [-0.15, -0.1) is 0 Å². The second-order valence-electron chi connectivity index (χ2n) is 7.63. The predicted molar refractivity (Wildman–Crippen MR) is 110 cm³/mol. The van der Waals surface area contributed by atoms with E-state index in [9.17, 15) is 23.1 Å².